The molecule has 2 heteroatoms. The topological polar surface area (TPSA) is 0 Å². The molecule has 0 aliphatic rings. The average Bonchev–Trinajstić information content (AvgIpc) is 1.35. The third-order valence-corrected chi connectivity index (χ3v) is 2.10. The summed E-state index contributed by atoms with van der Waals surface area (Å²) in [6.07, 6.45) is 2.43. The van der Waals surface area contributed by atoms with Crippen molar-refractivity contribution < 1.29 is 0 Å². The first-order valence-electron chi connectivity index (χ1n) is 2.14. The van der Waals surface area contributed by atoms with Crippen LogP contribution in [0, 0.1) is 0 Å². The minimum Gasteiger partial charge on any atom is -0.0967 e. The Labute approximate surface area is 45.4 Å². The third-order valence-electron chi connectivity index (χ3n) is 0.532. The molecule has 0 aliphatic carbocycles. The largest absolute Gasteiger partial charge is 0.0967 e. The van der Waals surface area contributed by atoms with Gasteiger partial charge in [-0.2, -0.15) is 0 Å². The van der Waals surface area contributed by atoms with Gasteiger partial charge in [0, 0.05) is 0 Å². The van der Waals surface area contributed by atoms with Crippen LogP contribution in [0.25, 0.3) is 0 Å². The van der Waals surface area contributed by atoms with Crippen LogP contribution in [0.1, 0.15) is 13.3 Å². The summed E-state index contributed by atoms with van der Waals surface area (Å²) in [5.74, 6) is 0. The molecular weight excluding hydrogens is 114 g/mol. The Morgan fingerprint density at radius 1 is 1.67 bits per heavy atom. The molecule has 0 aliphatic heterocycles. The fourth-order valence-electron chi connectivity index (χ4n) is 0.308. The van der Waals surface area contributed by atoms with E-state index >= 15 is 0 Å². The Hall–Kier alpha value is 0.720. The fraction of sp³-hybridized carbons (Fsp3) is 1.00. The highest BCUT2D eigenvalue weighted by atomic mass is 35.7. The lowest BCUT2D eigenvalue weighted by Gasteiger charge is -1.93. The SMILES string of the molecule is CCCP(C)Cl. The van der Waals surface area contributed by atoms with E-state index in [0.717, 1.165) is 0 Å². The van der Waals surface area contributed by atoms with Gasteiger partial charge in [0.1, 0.15) is 0 Å². The summed E-state index contributed by atoms with van der Waals surface area (Å²) in [7, 11) is -0.128. The predicted molar refractivity (Wildman–Crippen MR) is 33.9 cm³/mol. The zero-order valence-electron chi connectivity index (χ0n) is 4.24. The summed E-state index contributed by atoms with van der Waals surface area (Å²) in [5.41, 5.74) is 0. The summed E-state index contributed by atoms with van der Waals surface area (Å²) < 4.78 is 0. The first-order chi connectivity index (χ1) is 2.77. The van der Waals surface area contributed by atoms with Gasteiger partial charge < -0.3 is 0 Å². The second-order valence-electron chi connectivity index (χ2n) is 1.33. The van der Waals surface area contributed by atoms with Crippen LogP contribution in [0.3, 0.4) is 0 Å². The van der Waals surface area contributed by atoms with Crippen molar-refractivity contribution in [1.29, 1.82) is 0 Å². The molecule has 0 radical (unpaired) electrons. The molecule has 0 aromatic carbocycles. The lowest BCUT2D eigenvalue weighted by molar-refractivity contribution is 1.10. The third kappa shape index (κ3) is 4.72. The van der Waals surface area contributed by atoms with Crippen LogP contribution < -0.4 is 0 Å². The molecule has 0 N–H and O–H groups in total. The van der Waals surface area contributed by atoms with E-state index in [1.54, 1.807) is 0 Å². The molecule has 0 heterocycles. The van der Waals surface area contributed by atoms with Crippen LogP contribution in [0.4, 0.5) is 0 Å². The molecule has 0 aromatic rings. The van der Waals surface area contributed by atoms with Gasteiger partial charge in [-0.25, -0.2) is 0 Å². The molecule has 6 heavy (non-hydrogen) atoms. The van der Waals surface area contributed by atoms with Crippen molar-refractivity contribution in [3.8, 4) is 0 Å². The maximum Gasteiger partial charge on any atom is -0.0129 e. The molecule has 0 aromatic heterocycles. The number of hydrogen-bond acceptors (Lipinski definition) is 0. The molecule has 0 nitrogen and oxygen atoms in total. The van der Waals surface area contributed by atoms with E-state index in [-0.39, 0.29) is 7.27 Å². The Bertz CT molecular complexity index is 28.7. The van der Waals surface area contributed by atoms with Crippen LogP contribution in [-0.2, 0) is 0 Å². The molecule has 38 valence electrons. The summed E-state index contributed by atoms with van der Waals surface area (Å²) in [6.45, 7) is 4.24. The van der Waals surface area contributed by atoms with Crippen LogP contribution in [0.2, 0.25) is 0 Å². The smallest absolute Gasteiger partial charge is 0.0129 e. The van der Waals surface area contributed by atoms with E-state index in [1.165, 1.54) is 12.6 Å². The monoisotopic (exact) mass is 124 g/mol. The Morgan fingerprint density at radius 2 is 2.17 bits per heavy atom. The molecule has 0 rings (SSSR count). The maximum absolute atomic E-state index is 5.64. The summed E-state index contributed by atoms with van der Waals surface area (Å²) >= 11 is 5.64. The van der Waals surface area contributed by atoms with E-state index in [4.69, 9.17) is 11.2 Å². The Morgan fingerprint density at radius 3 is 2.17 bits per heavy atom. The van der Waals surface area contributed by atoms with Crippen molar-refractivity contribution in [2.24, 2.45) is 0 Å². The first kappa shape index (κ1) is 6.72. The van der Waals surface area contributed by atoms with Gasteiger partial charge in [-0.05, 0) is 20.1 Å². The highest BCUT2D eigenvalue weighted by Crippen LogP contribution is 2.36. The van der Waals surface area contributed by atoms with Gasteiger partial charge in [0.2, 0.25) is 0 Å². The van der Waals surface area contributed by atoms with Gasteiger partial charge in [-0.1, -0.05) is 24.6 Å². The molecule has 0 saturated carbocycles. The zero-order chi connectivity index (χ0) is 4.99. The van der Waals surface area contributed by atoms with E-state index in [2.05, 4.69) is 13.6 Å². The van der Waals surface area contributed by atoms with Crippen LogP contribution in [0.5, 0.6) is 0 Å². The van der Waals surface area contributed by atoms with E-state index in [1.807, 2.05) is 0 Å². The molecule has 0 amide bonds. The summed E-state index contributed by atoms with van der Waals surface area (Å²) in [5, 5.41) is 0. The number of halogens is 1. The van der Waals surface area contributed by atoms with Crippen molar-refractivity contribution in [3.05, 3.63) is 0 Å². The Balaban J connectivity index is 2.63. The minimum absolute atomic E-state index is 0.128. The van der Waals surface area contributed by atoms with Crippen LogP contribution in [-0.4, -0.2) is 12.8 Å². The first-order valence-corrected chi connectivity index (χ1v) is 5.02. The quantitative estimate of drug-likeness (QED) is 0.497. The molecule has 0 saturated heterocycles. The summed E-state index contributed by atoms with van der Waals surface area (Å²) in [4.78, 5) is 0. The van der Waals surface area contributed by atoms with Gasteiger partial charge in [0.05, 0.1) is 0 Å². The lowest BCUT2D eigenvalue weighted by Crippen LogP contribution is -1.68. The van der Waals surface area contributed by atoms with Crippen molar-refractivity contribution >= 4 is 18.5 Å². The van der Waals surface area contributed by atoms with Gasteiger partial charge in [-0.15, -0.1) is 0 Å². The van der Waals surface area contributed by atoms with E-state index in [0.29, 0.717) is 0 Å². The predicted octanol–water partition coefficient (Wildman–Crippen LogP) is 2.66. The molecule has 1 atom stereocenters. The molecular formula is C4H10ClP. The van der Waals surface area contributed by atoms with Gasteiger partial charge >= 0.3 is 0 Å². The van der Waals surface area contributed by atoms with Gasteiger partial charge in [0.25, 0.3) is 0 Å². The normalized spacial score (nSPS) is 14.5. The summed E-state index contributed by atoms with van der Waals surface area (Å²) in [6, 6.07) is 0. The standard InChI is InChI=1S/C4H10ClP/c1-3-4-6(2)5/h3-4H2,1-2H3. The van der Waals surface area contributed by atoms with Crippen molar-refractivity contribution in [1.82, 2.24) is 0 Å². The Kier molecular flexibility index (Phi) is 4.36. The molecule has 0 spiro atoms. The van der Waals surface area contributed by atoms with Crippen LogP contribution >= 0.6 is 18.5 Å². The molecule has 1 unspecified atom stereocenters. The highest BCUT2D eigenvalue weighted by molar-refractivity contribution is 7.83. The van der Waals surface area contributed by atoms with Gasteiger partial charge in [-0.3, -0.25) is 0 Å². The highest BCUT2D eigenvalue weighted by Gasteiger charge is 1.87. The molecule has 0 bridgehead atoms. The van der Waals surface area contributed by atoms with E-state index in [9.17, 15) is 0 Å². The van der Waals surface area contributed by atoms with E-state index < -0.39 is 0 Å². The average molecular weight is 125 g/mol. The van der Waals surface area contributed by atoms with Crippen molar-refractivity contribution in [2.75, 3.05) is 12.8 Å². The zero-order valence-corrected chi connectivity index (χ0v) is 5.89. The van der Waals surface area contributed by atoms with Crippen molar-refractivity contribution in [3.63, 3.8) is 0 Å². The van der Waals surface area contributed by atoms with Crippen LogP contribution in [0.15, 0.2) is 0 Å². The second-order valence-corrected chi connectivity index (χ2v) is 4.72. The maximum atomic E-state index is 5.64. The number of hydrogen-bond donors (Lipinski definition) is 0. The lowest BCUT2D eigenvalue weighted by atomic mass is 10.6. The second kappa shape index (κ2) is 3.89. The van der Waals surface area contributed by atoms with Gasteiger partial charge in [0.15, 0.2) is 0 Å². The minimum atomic E-state index is -0.128. The molecule has 0 fully saturated rings. The van der Waals surface area contributed by atoms with Crippen molar-refractivity contribution in [2.45, 2.75) is 13.3 Å². The number of rotatable bonds is 2. The fourth-order valence-corrected chi connectivity index (χ4v) is 1.43.